The third-order valence-corrected chi connectivity index (χ3v) is 4.50. The van der Waals surface area contributed by atoms with Crippen LogP contribution in [0.3, 0.4) is 0 Å². The van der Waals surface area contributed by atoms with Crippen LogP contribution in [-0.2, 0) is 0 Å². The maximum Gasteiger partial charge on any atom is 0.128 e. The van der Waals surface area contributed by atoms with Crippen molar-refractivity contribution in [1.82, 2.24) is 15.2 Å². The maximum absolute atomic E-state index is 4.44. The molecule has 1 saturated heterocycles. The molecule has 1 fully saturated rings. The van der Waals surface area contributed by atoms with Crippen LogP contribution < -0.4 is 10.2 Å². The van der Waals surface area contributed by atoms with Gasteiger partial charge in [-0.25, -0.2) is 4.98 Å². The van der Waals surface area contributed by atoms with Gasteiger partial charge in [0, 0.05) is 45.0 Å². The summed E-state index contributed by atoms with van der Waals surface area (Å²) < 4.78 is 0. The van der Waals surface area contributed by atoms with Crippen molar-refractivity contribution in [2.45, 2.75) is 26.3 Å². The number of pyridine rings is 1. The molecule has 1 aliphatic rings. The molecule has 0 bridgehead atoms. The first kappa shape index (κ1) is 15.3. The van der Waals surface area contributed by atoms with Crippen molar-refractivity contribution >= 4 is 5.82 Å². The van der Waals surface area contributed by atoms with E-state index in [2.05, 4.69) is 53.1 Å². The summed E-state index contributed by atoms with van der Waals surface area (Å²) in [5, 5.41) is 3.48. The van der Waals surface area contributed by atoms with Crippen molar-refractivity contribution < 1.29 is 0 Å². The molecule has 2 atom stereocenters. The Balaban J connectivity index is 1.82. The molecule has 0 radical (unpaired) electrons. The molecular weight excluding hydrogens is 248 g/mol. The Bertz CT molecular complexity index is 373. The first-order valence-corrected chi connectivity index (χ1v) is 7.80. The molecule has 2 heterocycles. The van der Waals surface area contributed by atoms with Crippen LogP contribution in [0.15, 0.2) is 24.4 Å². The zero-order valence-electron chi connectivity index (χ0n) is 13.0. The first-order chi connectivity index (χ1) is 9.74. The van der Waals surface area contributed by atoms with E-state index in [0.29, 0.717) is 6.04 Å². The van der Waals surface area contributed by atoms with Crippen molar-refractivity contribution in [3.05, 3.63) is 24.4 Å². The number of hydrogen-bond acceptors (Lipinski definition) is 4. The summed E-state index contributed by atoms with van der Waals surface area (Å²) in [7, 11) is 2.08. The quantitative estimate of drug-likeness (QED) is 0.859. The lowest BCUT2D eigenvalue weighted by Gasteiger charge is -2.38. The Kier molecular flexibility index (Phi) is 5.80. The number of piperazine rings is 1. The zero-order chi connectivity index (χ0) is 14.4. The van der Waals surface area contributed by atoms with Gasteiger partial charge in [0.05, 0.1) is 0 Å². The van der Waals surface area contributed by atoms with E-state index in [1.165, 1.54) is 6.42 Å². The lowest BCUT2D eigenvalue weighted by atomic mass is 9.98. The van der Waals surface area contributed by atoms with Gasteiger partial charge in [0.25, 0.3) is 0 Å². The smallest absolute Gasteiger partial charge is 0.128 e. The van der Waals surface area contributed by atoms with Crippen molar-refractivity contribution in [2.75, 3.05) is 44.7 Å². The predicted molar refractivity (Wildman–Crippen MR) is 85.2 cm³/mol. The molecule has 1 aromatic heterocycles. The van der Waals surface area contributed by atoms with Crippen LogP contribution >= 0.6 is 0 Å². The largest absolute Gasteiger partial charge is 0.354 e. The highest BCUT2D eigenvalue weighted by molar-refractivity contribution is 5.38. The highest BCUT2D eigenvalue weighted by atomic mass is 15.3. The number of hydrogen-bond donors (Lipinski definition) is 1. The Morgan fingerprint density at radius 1 is 1.25 bits per heavy atom. The van der Waals surface area contributed by atoms with E-state index in [1.54, 1.807) is 0 Å². The van der Waals surface area contributed by atoms with E-state index in [9.17, 15) is 0 Å². The molecule has 0 aromatic carbocycles. The molecule has 1 aromatic rings. The summed E-state index contributed by atoms with van der Waals surface area (Å²) in [6, 6.07) is 6.74. The molecule has 4 nitrogen and oxygen atoms in total. The van der Waals surface area contributed by atoms with Gasteiger partial charge in [0.2, 0.25) is 0 Å². The molecular formula is C16H28N4. The van der Waals surface area contributed by atoms with E-state index < -0.39 is 0 Å². The number of likely N-dealkylation sites (N-methyl/N-ethyl adjacent to an activating group) is 1. The zero-order valence-corrected chi connectivity index (χ0v) is 13.0. The highest BCUT2D eigenvalue weighted by Gasteiger charge is 2.22. The van der Waals surface area contributed by atoms with Crippen molar-refractivity contribution in [1.29, 1.82) is 0 Å². The van der Waals surface area contributed by atoms with Crippen LogP contribution in [0.1, 0.15) is 20.3 Å². The lowest BCUT2D eigenvalue weighted by Crippen LogP contribution is -2.51. The van der Waals surface area contributed by atoms with Crippen molar-refractivity contribution in [2.24, 2.45) is 5.92 Å². The number of anilines is 1. The highest BCUT2D eigenvalue weighted by Crippen LogP contribution is 2.14. The van der Waals surface area contributed by atoms with Gasteiger partial charge in [-0.1, -0.05) is 26.3 Å². The Morgan fingerprint density at radius 2 is 2.00 bits per heavy atom. The van der Waals surface area contributed by atoms with Crippen LogP contribution in [-0.4, -0.2) is 55.7 Å². The summed E-state index contributed by atoms with van der Waals surface area (Å²) >= 11 is 0. The molecule has 1 aliphatic heterocycles. The number of nitrogens with zero attached hydrogens (tertiary/aromatic N) is 3. The van der Waals surface area contributed by atoms with Gasteiger partial charge in [-0.05, 0) is 25.1 Å². The van der Waals surface area contributed by atoms with Gasteiger partial charge in [-0.3, -0.25) is 4.90 Å². The second-order valence-corrected chi connectivity index (χ2v) is 5.76. The molecule has 0 spiro atoms. The number of rotatable bonds is 6. The van der Waals surface area contributed by atoms with Gasteiger partial charge in [0.15, 0.2) is 0 Å². The van der Waals surface area contributed by atoms with Crippen molar-refractivity contribution in [3.63, 3.8) is 0 Å². The van der Waals surface area contributed by atoms with E-state index in [-0.39, 0.29) is 0 Å². The van der Waals surface area contributed by atoms with Gasteiger partial charge in [-0.2, -0.15) is 0 Å². The van der Waals surface area contributed by atoms with Gasteiger partial charge >= 0.3 is 0 Å². The minimum absolute atomic E-state index is 0.599. The molecule has 2 rings (SSSR count). The second kappa shape index (κ2) is 7.60. The Hall–Kier alpha value is -1.13. The van der Waals surface area contributed by atoms with Gasteiger partial charge in [0.1, 0.15) is 5.82 Å². The number of nitrogens with one attached hydrogen (secondary N) is 1. The molecule has 0 aliphatic carbocycles. The average Bonchev–Trinajstić information content (AvgIpc) is 2.53. The summed E-state index contributed by atoms with van der Waals surface area (Å²) in [6.07, 6.45) is 3.11. The van der Waals surface area contributed by atoms with Gasteiger partial charge in [-0.15, -0.1) is 0 Å². The predicted octanol–water partition coefficient (Wildman–Crippen LogP) is 1.84. The lowest BCUT2D eigenvalue weighted by molar-refractivity contribution is 0.206. The van der Waals surface area contributed by atoms with Gasteiger partial charge < -0.3 is 10.2 Å². The van der Waals surface area contributed by atoms with E-state index >= 15 is 0 Å². The summed E-state index contributed by atoms with van der Waals surface area (Å²) in [6.45, 7) is 10.2. The fourth-order valence-electron chi connectivity index (χ4n) is 2.82. The second-order valence-electron chi connectivity index (χ2n) is 5.76. The molecule has 0 amide bonds. The molecule has 4 heteroatoms. The third-order valence-electron chi connectivity index (χ3n) is 4.50. The van der Waals surface area contributed by atoms with E-state index in [4.69, 9.17) is 0 Å². The van der Waals surface area contributed by atoms with Crippen LogP contribution in [0, 0.1) is 5.92 Å². The minimum Gasteiger partial charge on any atom is -0.354 e. The summed E-state index contributed by atoms with van der Waals surface area (Å²) in [4.78, 5) is 9.40. The first-order valence-electron chi connectivity index (χ1n) is 7.80. The topological polar surface area (TPSA) is 31.4 Å². The minimum atomic E-state index is 0.599. The maximum atomic E-state index is 4.44. The molecule has 112 valence electrons. The third kappa shape index (κ3) is 3.93. The standard InChI is InChI=1S/C16H28N4/c1-4-14(2)15(17-3)13-19-9-11-20(12-10-19)16-7-5-6-8-18-16/h5-8,14-15,17H,4,9-13H2,1-3H3. The molecule has 20 heavy (non-hydrogen) atoms. The normalized spacial score (nSPS) is 19.9. The summed E-state index contributed by atoms with van der Waals surface area (Å²) in [5.74, 6) is 1.84. The molecule has 2 unspecified atom stereocenters. The van der Waals surface area contributed by atoms with Crippen LogP contribution in [0.5, 0.6) is 0 Å². The molecule has 1 N–H and O–H groups in total. The van der Waals surface area contributed by atoms with Crippen LogP contribution in [0.2, 0.25) is 0 Å². The van der Waals surface area contributed by atoms with E-state index in [0.717, 1.165) is 44.5 Å². The fourth-order valence-corrected chi connectivity index (χ4v) is 2.82. The van der Waals surface area contributed by atoms with Crippen LogP contribution in [0.25, 0.3) is 0 Å². The van der Waals surface area contributed by atoms with E-state index in [1.807, 2.05) is 12.3 Å². The molecule has 0 saturated carbocycles. The fraction of sp³-hybridized carbons (Fsp3) is 0.688. The van der Waals surface area contributed by atoms with Crippen molar-refractivity contribution in [3.8, 4) is 0 Å². The SMILES string of the molecule is CCC(C)C(CN1CCN(c2ccccn2)CC1)NC. The number of aromatic nitrogens is 1. The summed E-state index contributed by atoms with van der Waals surface area (Å²) in [5.41, 5.74) is 0. The van der Waals surface area contributed by atoms with Crippen LogP contribution in [0.4, 0.5) is 5.82 Å². The Morgan fingerprint density at radius 3 is 2.55 bits per heavy atom. The Labute approximate surface area is 123 Å². The monoisotopic (exact) mass is 276 g/mol. The average molecular weight is 276 g/mol.